The van der Waals surface area contributed by atoms with E-state index in [-0.39, 0.29) is 17.7 Å². The summed E-state index contributed by atoms with van der Waals surface area (Å²) in [5, 5.41) is 0. The van der Waals surface area contributed by atoms with Gasteiger partial charge in [0.1, 0.15) is 0 Å². The fourth-order valence-corrected chi connectivity index (χ4v) is 3.20. The van der Waals surface area contributed by atoms with Crippen LogP contribution in [0, 0.1) is 5.92 Å². The van der Waals surface area contributed by atoms with Crippen LogP contribution in [-0.4, -0.2) is 47.8 Å². The van der Waals surface area contributed by atoms with E-state index in [4.69, 9.17) is 5.73 Å². The molecule has 1 aliphatic heterocycles. The van der Waals surface area contributed by atoms with Gasteiger partial charge in [-0.2, -0.15) is 0 Å². The molecule has 1 heterocycles. The molecule has 1 saturated heterocycles. The first-order chi connectivity index (χ1) is 10.1. The minimum absolute atomic E-state index is 0.0133. The highest BCUT2D eigenvalue weighted by Gasteiger charge is 2.26. The molecule has 2 N–H and O–H groups in total. The molecule has 118 valence electrons. The summed E-state index contributed by atoms with van der Waals surface area (Å²) in [4.78, 5) is 27.8. The molecule has 2 rings (SSSR count). The van der Waals surface area contributed by atoms with Gasteiger partial charge < -0.3 is 10.6 Å². The lowest BCUT2D eigenvalue weighted by molar-refractivity contribution is -0.131. The Morgan fingerprint density at radius 3 is 2.62 bits per heavy atom. The highest BCUT2D eigenvalue weighted by Crippen LogP contribution is 2.23. The molecule has 0 aromatic carbocycles. The van der Waals surface area contributed by atoms with Gasteiger partial charge in [-0.3, -0.25) is 14.5 Å². The number of hydrogen-bond acceptors (Lipinski definition) is 3. The third-order valence-corrected chi connectivity index (χ3v) is 4.46. The predicted molar refractivity (Wildman–Crippen MR) is 82.3 cm³/mol. The molecule has 0 aromatic heterocycles. The highest BCUT2D eigenvalue weighted by atomic mass is 16.2. The number of nitrogens with two attached hydrogens (primary N) is 1. The Kier molecular flexibility index (Phi) is 5.79. The standard InChI is InChI=1S/C16H27N3O2/c1-2-9-19(14-5-3-4-6-14)15(20)12-18-10-7-13(8-11-18)16(17)21/h5,13H,2-4,6-12H2,1H3,(H2,17,21). The molecule has 0 radical (unpaired) electrons. The molecular weight excluding hydrogens is 266 g/mol. The SMILES string of the molecule is CCCN(C(=O)CN1CCC(C(N)=O)CC1)C1=CCCC1. The molecular formula is C16H27N3O2. The first kappa shape index (κ1) is 16.0. The molecule has 0 atom stereocenters. The van der Waals surface area contributed by atoms with Crippen LogP contribution in [0.25, 0.3) is 0 Å². The van der Waals surface area contributed by atoms with Gasteiger partial charge in [-0.25, -0.2) is 0 Å². The number of primary amides is 1. The van der Waals surface area contributed by atoms with Gasteiger partial charge in [0.2, 0.25) is 11.8 Å². The highest BCUT2D eigenvalue weighted by molar-refractivity contribution is 5.80. The largest absolute Gasteiger partial charge is 0.369 e. The average molecular weight is 293 g/mol. The molecule has 0 aromatic rings. The Morgan fingerprint density at radius 1 is 1.38 bits per heavy atom. The third kappa shape index (κ3) is 4.30. The maximum absolute atomic E-state index is 12.6. The Bertz CT molecular complexity index is 412. The van der Waals surface area contributed by atoms with Crippen LogP contribution in [0.1, 0.15) is 45.4 Å². The van der Waals surface area contributed by atoms with Crippen LogP contribution in [0.2, 0.25) is 0 Å². The maximum Gasteiger partial charge on any atom is 0.240 e. The Labute approximate surface area is 127 Å². The zero-order chi connectivity index (χ0) is 15.2. The second-order valence-corrected chi connectivity index (χ2v) is 6.09. The van der Waals surface area contributed by atoms with E-state index in [9.17, 15) is 9.59 Å². The third-order valence-electron chi connectivity index (χ3n) is 4.46. The first-order valence-electron chi connectivity index (χ1n) is 8.13. The van der Waals surface area contributed by atoms with Crippen molar-refractivity contribution in [1.82, 2.24) is 9.80 Å². The molecule has 5 heteroatoms. The second kappa shape index (κ2) is 7.59. The van der Waals surface area contributed by atoms with E-state index < -0.39 is 0 Å². The van der Waals surface area contributed by atoms with E-state index in [1.54, 1.807) is 0 Å². The van der Waals surface area contributed by atoms with Crippen molar-refractivity contribution in [3.8, 4) is 0 Å². The first-order valence-corrected chi connectivity index (χ1v) is 8.13. The van der Waals surface area contributed by atoms with Crippen molar-refractivity contribution in [3.63, 3.8) is 0 Å². The molecule has 1 aliphatic carbocycles. The number of likely N-dealkylation sites (tertiary alicyclic amines) is 1. The van der Waals surface area contributed by atoms with Crippen molar-refractivity contribution >= 4 is 11.8 Å². The Balaban J connectivity index is 1.86. The summed E-state index contributed by atoms with van der Waals surface area (Å²) in [5.41, 5.74) is 6.55. The van der Waals surface area contributed by atoms with Crippen LogP contribution in [0.4, 0.5) is 0 Å². The number of amides is 2. The van der Waals surface area contributed by atoms with Gasteiger partial charge in [0.25, 0.3) is 0 Å². The molecule has 0 unspecified atom stereocenters. The smallest absolute Gasteiger partial charge is 0.240 e. The van der Waals surface area contributed by atoms with Crippen molar-refractivity contribution in [2.24, 2.45) is 11.7 Å². The number of carbonyl (C=O) groups is 2. The number of allylic oxidation sites excluding steroid dienone is 2. The van der Waals surface area contributed by atoms with E-state index in [2.05, 4.69) is 17.9 Å². The number of piperidine rings is 1. The summed E-state index contributed by atoms with van der Waals surface area (Å²) in [6, 6.07) is 0. The van der Waals surface area contributed by atoms with E-state index in [0.29, 0.717) is 6.54 Å². The number of carbonyl (C=O) groups excluding carboxylic acids is 2. The van der Waals surface area contributed by atoms with Crippen LogP contribution >= 0.6 is 0 Å². The Hall–Kier alpha value is -1.36. The Morgan fingerprint density at radius 2 is 2.10 bits per heavy atom. The van der Waals surface area contributed by atoms with Gasteiger partial charge in [0.15, 0.2) is 0 Å². The fourth-order valence-electron chi connectivity index (χ4n) is 3.20. The number of rotatable bonds is 6. The van der Waals surface area contributed by atoms with Gasteiger partial charge in [0.05, 0.1) is 6.54 Å². The maximum atomic E-state index is 12.6. The minimum Gasteiger partial charge on any atom is -0.369 e. The van der Waals surface area contributed by atoms with E-state index in [1.807, 2.05) is 4.90 Å². The molecule has 2 amide bonds. The van der Waals surface area contributed by atoms with Crippen molar-refractivity contribution in [2.45, 2.75) is 45.4 Å². The summed E-state index contributed by atoms with van der Waals surface area (Å²) in [6.45, 7) is 4.95. The lowest BCUT2D eigenvalue weighted by Crippen LogP contribution is -2.44. The van der Waals surface area contributed by atoms with E-state index in [1.165, 1.54) is 5.70 Å². The van der Waals surface area contributed by atoms with E-state index >= 15 is 0 Å². The molecule has 2 aliphatic rings. The predicted octanol–water partition coefficient (Wildman–Crippen LogP) is 1.49. The summed E-state index contributed by atoms with van der Waals surface area (Å²) in [5.74, 6) is -0.0205. The van der Waals surface area contributed by atoms with Crippen molar-refractivity contribution in [2.75, 3.05) is 26.2 Å². The molecule has 5 nitrogen and oxygen atoms in total. The van der Waals surface area contributed by atoms with Crippen molar-refractivity contribution < 1.29 is 9.59 Å². The van der Waals surface area contributed by atoms with Crippen molar-refractivity contribution in [1.29, 1.82) is 0 Å². The average Bonchev–Trinajstić information content (AvgIpc) is 2.99. The van der Waals surface area contributed by atoms with Crippen LogP contribution in [0.3, 0.4) is 0 Å². The van der Waals surface area contributed by atoms with E-state index in [0.717, 1.165) is 58.2 Å². The lowest BCUT2D eigenvalue weighted by atomic mass is 9.96. The molecule has 0 spiro atoms. The van der Waals surface area contributed by atoms with Crippen LogP contribution < -0.4 is 5.73 Å². The van der Waals surface area contributed by atoms with Crippen molar-refractivity contribution in [3.05, 3.63) is 11.8 Å². The fraction of sp³-hybridized carbons (Fsp3) is 0.750. The molecule has 1 fully saturated rings. The van der Waals surface area contributed by atoms with Crippen LogP contribution in [0.5, 0.6) is 0 Å². The monoisotopic (exact) mass is 293 g/mol. The minimum atomic E-state index is -0.204. The molecule has 21 heavy (non-hydrogen) atoms. The zero-order valence-electron chi connectivity index (χ0n) is 13.0. The molecule has 0 saturated carbocycles. The zero-order valence-corrected chi connectivity index (χ0v) is 13.0. The topological polar surface area (TPSA) is 66.6 Å². The van der Waals surface area contributed by atoms with Crippen LogP contribution in [0.15, 0.2) is 11.8 Å². The molecule has 0 bridgehead atoms. The summed E-state index contributed by atoms with van der Waals surface area (Å²) in [6.07, 6.45) is 8.01. The van der Waals surface area contributed by atoms with Gasteiger partial charge in [0, 0.05) is 18.2 Å². The van der Waals surface area contributed by atoms with Crippen LogP contribution in [-0.2, 0) is 9.59 Å². The van der Waals surface area contributed by atoms with Gasteiger partial charge in [-0.15, -0.1) is 0 Å². The van der Waals surface area contributed by atoms with Gasteiger partial charge in [-0.1, -0.05) is 13.0 Å². The number of hydrogen-bond donors (Lipinski definition) is 1. The second-order valence-electron chi connectivity index (χ2n) is 6.09. The summed E-state index contributed by atoms with van der Waals surface area (Å²) < 4.78 is 0. The van der Waals surface area contributed by atoms with Gasteiger partial charge >= 0.3 is 0 Å². The summed E-state index contributed by atoms with van der Waals surface area (Å²) >= 11 is 0. The quantitative estimate of drug-likeness (QED) is 0.807. The van der Waals surface area contributed by atoms with Gasteiger partial charge in [-0.05, 0) is 51.6 Å². The summed E-state index contributed by atoms with van der Waals surface area (Å²) in [7, 11) is 0. The normalized spacial score (nSPS) is 20.3. The lowest BCUT2D eigenvalue weighted by Gasteiger charge is -2.32. The number of nitrogens with zero attached hydrogens (tertiary/aromatic N) is 2.